The lowest BCUT2D eigenvalue weighted by Crippen LogP contribution is -2.38. The molecular weight excluding hydrogens is 220 g/mol. The van der Waals surface area contributed by atoms with E-state index in [9.17, 15) is 9.59 Å². The van der Waals surface area contributed by atoms with Crippen LogP contribution in [0.1, 0.15) is 40.0 Å². The van der Waals surface area contributed by atoms with Crippen molar-refractivity contribution >= 4 is 11.8 Å². The molecule has 0 aromatic rings. The highest BCUT2D eigenvalue weighted by molar-refractivity contribution is 6.02. The summed E-state index contributed by atoms with van der Waals surface area (Å²) in [5.74, 6) is -0.868. The van der Waals surface area contributed by atoms with Crippen LogP contribution in [0.2, 0.25) is 0 Å². The fourth-order valence-electron chi connectivity index (χ4n) is 1.27. The number of hydrogen-bond donors (Lipinski definition) is 0. The van der Waals surface area contributed by atoms with E-state index < -0.39 is 17.7 Å². The number of Topliss-reactive ketones (excluding diaryl/α,β-unsaturated/α-hetero) is 1. The Morgan fingerprint density at radius 1 is 1.35 bits per heavy atom. The van der Waals surface area contributed by atoms with Crippen LogP contribution in [0.5, 0.6) is 0 Å². The van der Waals surface area contributed by atoms with Gasteiger partial charge >= 0.3 is 5.97 Å². The molecule has 0 spiro atoms. The minimum atomic E-state index is -1.11. The second-order valence-corrected chi connectivity index (χ2v) is 4.80. The van der Waals surface area contributed by atoms with Crippen molar-refractivity contribution in [2.75, 3.05) is 7.11 Å². The molecule has 0 aliphatic carbocycles. The summed E-state index contributed by atoms with van der Waals surface area (Å²) >= 11 is 0. The Balaban J connectivity index is 4.35. The summed E-state index contributed by atoms with van der Waals surface area (Å²) in [5, 5.41) is 0. The fraction of sp³-hybridized carbons (Fsp3) is 0.692. The number of unbranched alkanes of at least 4 members (excludes halogenated alkanes) is 1. The summed E-state index contributed by atoms with van der Waals surface area (Å²) in [4.78, 5) is 23.4. The van der Waals surface area contributed by atoms with Gasteiger partial charge in [0.1, 0.15) is 5.60 Å². The summed E-state index contributed by atoms with van der Waals surface area (Å²) in [6, 6.07) is 0. The minimum absolute atomic E-state index is 0.247. The van der Waals surface area contributed by atoms with Crippen molar-refractivity contribution in [2.24, 2.45) is 0 Å². The average Bonchev–Trinajstić information content (AvgIpc) is 2.16. The molecule has 0 N–H and O–H groups in total. The zero-order valence-corrected chi connectivity index (χ0v) is 11.1. The summed E-state index contributed by atoms with van der Waals surface area (Å²) in [6.07, 6.45) is 2.34. The Hall–Kier alpha value is -1.16. The van der Waals surface area contributed by atoms with Gasteiger partial charge in [0, 0.05) is 13.5 Å². The third kappa shape index (κ3) is 6.89. The van der Waals surface area contributed by atoms with Crippen molar-refractivity contribution in [3.8, 4) is 0 Å². The van der Waals surface area contributed by atoms with Crippen LogP contribution in [-0.4, -0.2) is 30.6 Å². The molecule has 1 unspecified atom stereocenters. The highest BCUT2D eigenvalue weighted by Gasteiger charge is 2.30. The van der Waals surface area contributed by atoms with Crippen molar-refractivity contribution in [3.05, 3.63) is 12.7 Å². The Labute approximate surface area is 103 Å². The first-order chi connectivity index (χ1) is 7.81. The molecule has 0 aromatic carbocycles. The predicted molar refractivity (Wildman–Crippen MR) is 65.7 cm³/mol. The molecule has 0 heterocycles. The minimum Gasteiger partial charge on any atom is -0.458 e. The molecule has 0 fully saturated rings. The topological polar surface area (TPSA) is 52.6 Å². The molecular formula is C13H22O4. The van der Waals surface area contributed by atoms with Gasteiger partial charge in [-0.05, 0) is 33.6 Å². The number of carbonyl (C=O) groups excluding carboxylic acids is 2. The second kappa shape index (κ2) is 7.22. The maximum Gasteiger partial charge on any atom is 0.343 e. The zero-order valence-electron chi connectivity index (χ0n) is 11.1. The maximum absolute atomic E-state index is 11.7. The molecule has 98 valence electrons. The lowest BCUT2D eigenvalue weighted by Gasteiger charge is -2.22. The first-order valence-corrected chi connectivity index (χ1v) is 5.71. The van der Waals surface area contributed by atoms with Crippen LogP contribution < -0.4 is 0 Å². The van der Waals surface area contributed by atoms with E-state index in [2.05, 4.69) is 6.58 Å². The largest absolute Gasteiger partial charge is 0.458 e. The molecule has 0 saturated carbocycles. The van der Waals surface area contributed by atoms with Gasteiger partial charge in [-0.3, -0.25) is 4.79 Å². The summed E-state index contributed by atoms with van der Waals surface area (Å²) in [7, 11) is 1.33. The number of ether oxygens (including phenoxy) is 2. The Kier molecular flexibility index (Phi) is 6.73. The standard InChI is InChI=1S/C13H22O4/c1-6-7-8-9-10(14)11(16-5)12(15)17-13(2,3)4/h6,11H,1,7-9H2,2-5H3. The molecule has 0 radical (unpaired) electrons. The smallest absolute Gasteiger partial charge is 0.343 e. The van der Waals surface area contributed by atoms with E-state index in [1.807, 2.05) is 0 Å². The third-order valence-electron chi connectivity index (χ3n) is 1.98. The Bertz CT molecular complexity index is 276. The quantitative estimate of drug-likeness (QED) is 0.297. The normalized spacial score (nSPS) is 12.9. The molecule has 0 aliphatic rings. The van der Waals surface area contributed by atoms with Crippen LogP contribution in [0, 0.1) is 0 Å². The molecule has 0 bridgehead atoms. The van der Waals surface area contributed by atoms with Gasteiger partial charge in [0.15, 0.2) is 5.78 Å². The van der Waals surface area contributed by atoms with Gasteiger partial charge in [-0.15, -0.1) is 6.58 Å². The molecule has 0 rings (SSSR count). The fourth-order valence-corrected chi connectivity index (χ4v) is 1.27. The molecule has 0 saturated heterocycles. The first-order valence-electron chi connectivity index (χ1n) is 5.71. The van der Waals surface area contributed by atoms with E-state index in [1.165, 1.54) is 7.11 Å². The van der Waals surface area contributed by atoms with Crippen molar-refractivity contribution in [3.63, 3.8) is 0 Å². The molecule has 4 heteroatoms. The van der Waals surface area contributed by atoms with Crippen LogP contribution >= 0.6 is 0 Å². The van der Waals surface area contributed by atoms with E-state index in [4.69, 9.17) is 9.47 Å². The van der Waals surface area contributed by atoms with Gasteiger partial charge in [-0.2, -0.15) is 0 Å². The van der Waals surface area contributed by atoms with Gasteiger partial charge in [-0.25, -0.2) is 4.79 Å². The first kappa shape index (κ1) is 15.8. The highest BCUT2D eigenvalue weighted by Crippen LogP contribution is 2.12. The van der Waals surface area contributed by atoms with E-state index in [0.717, 1.165) is 6.42 Å². The molecule has 17 heavy (non-hydrogen) atoms. The van der Waals surface area contributed by atoms with Gasteiger partial charge in [0.05, 0.1) is 0 Å². The molecule has 0 aliphatic heterocycles. The Morgan fingerprint density at radius 2 is 1.94 bits per heavy atom. The number of esters is 1. The number of carbonyl (C=O) groups is 2. The monoisotopic (exact) mass is 242 g/mol. The van der Waals surface area contributed by atoms with Crippen LogP contribution in [0.15, 0.2) is 12.7 Å². The molecule has 0 amide bonds. The lowest BCUT2D eigenvalue weighted by molar-refractivity contribution is -0.169. The lowest BCUT2D eigenvalue weighted by atomic mass is 10.1. The second-order valence-electron chi connectivity index (χ2n) is 4.80. The Morgan fingerprint density at radius 3 is 2.35 bits per heavy atom. The van der Waals surface area contributed by atoms with E-state index >= 15 is 0 Å². The van der Waals surface area contributed by atoms with Gasteiger partial charge < -0.3 is 9.47 Å². The van der Waals surface area contributed by atoms with E-state index in [-0.39, 0.29) is 5.78 Å². The van der Waals surface area contributed by atoms with Crippen molar-refractivity contribution in [2.45, 2.75) is 51.7 Å². The number of rotatable bonds is 7. The van der Waals surface area contributed by atoms with Gasteiger partial charge in [0.25, 0.3) is 0 Å². The third-order valence-corrected chi connectivity index (χ3v) is 1.98. The summed E-state index contributed by atoms with van der Waals surface area (Å²) in [6.45, 7) is 8.82. The number of methoxy groups -OCH3 is 1. The van der Waals surface area contributed by atoms with Crippen LogP contribution in [0.3, 0.4) is 0 Å². The maximum atomic E-state index is 11.7. The summed E-state index contributed by atoms with van der Waals surface area (Å²) in [5.41, 5.74) is -0.616. The van der Waals surface area contributed by atoms with Crippen molar-refractivity contribution < 1.29 is 19.1 Å². The molecule has 1 atom stereocenters. The van der Waals surface area contributed by atoms with Crippen molar-refractivity contribution in [1.82, 2.24) is 0 Å². The summed E-state index contributed by atoms with van der Waals surface area (Å²) < 4.78 is 10.0. The SMILES string of the molecule is C=CCCCC(=O)C(OC)C(=O)OC(C)(C)C. The van der Waals surface area contributed by atoms with E-state index in [0.29, 0.717) is 12.8 Å². The number of allylic oxidation sites excluding steroid dienone is 1. The van der Waals surface area contributed by atoms with Crippen molar-refractivity contribution in [1.29, 1.82) is 0 Å². The van der Waals surface area contributed by atoms with Crippen LogP contribution in [-0.2, 0) is 19.1 Å². The molecule has 0 aromatic heterocycles. The zero-order chi connectivity index (χ0) is 13.5. The van der Waals surface area contributed by atoms with E-state index in [1.54, 1.807) is 26.8 Å². The van der Waals surface area contributed by atoms with Crippen LogP contribution in [0.4, 0.5) is 0 Å². The van der Waals surface area contributed by atoms with Crippen LogP contribution in [0.25, 0.3) is 0 Å². The van der Waals surface area contributed by atoms with Gasteiger partial charge in [0.2, 0.25) is 6.10 Å². The highest BCUT2D eigenvalue weighted by atomic mass is 16.6. The van der Waals surface area contributed by atoms with Gasteiger partial charge in [-0.1, -0.05) is 6.08 Å². The predicted octanol–water partition coefficient (Wildman–Crippen LogP) is 2.27. The molecule has 4 nitrogen and oxygen atoms in total. The average molecular weight is 242 g/mol. The number of ketones is 1. The number of hydrogen-bond acceptors (Lipinski definition) is 4.